The van der Waals surface area contributed by atoms with E-state index in [1.54, 1.807) is 7.11 Å². The highest BCUT2D eigenvalue weighted by atomic mass is 16.5. The van der Waals surface area contributed by atoms with Gasteiger partial charge in [-0.2, -0.15) is 5.26 Å². The van der Waals surface area contributed by atoms with Crippen molar-refractivity contribution in [2.45, 2.75) is 43.6 Å². The van der Waals surface area contributed by atoms with Gasteiger partial charge < -0.3 is 10.1 Å². The van der Waals surface area contributed by atoms with Crippen LogP contribution in [0.5, 0.6) is 5.75 Å². The maximum atomic E-state index is 9.23. The van der Waals surface area contributed by atoms with E-state index in [2.05, 4.69) is 29.6 Å². The fourth-order valence-electron chi connectivity index (χ4n) is 4.32. The summed E-state index contributed by atoms with van der Waals surface area (Å²) in [5.41, 5.74) is 1.53. The number of nitrogens with zero attached hydrogens (tertiary/aromatic N) is 1. The molecule has 0 spiro atoms. The third kappa shape index (κ3) is 2.09. The number of methoxy groups -OCH3 is 1. The average molecular weight is 270 g/mol. The van der Waals surface area contributed by atoms with Gasteiger partial charge in [0.1, 0.15) is 5.75 Å². The van der Waals surface area contributed by atoms with E-state index in [-0.39, 0.29) is 5.41 Å². The Bertz CT molecular complexity index is 510. The molecule has 1 aromatic rings. The maximum Gasteiger partial charge on any atom is 0.119 e. The quantitative estimate of drug-likeness (QED) is 0.918. The summed E-state index contributed by atoms with van der Waals surface area (Å²) < 4.78 is 5.39. The molecule has 3 unspecified atom stereocenters. The zero-order valence-corrected chi connectivity index (χ0v) is 12.1. The highest BCUT2D eigenvalue weighted by Crippen LogP contribution is 2.50. The topological polar surface area (TPSA) is 45.0 Å². The molecular formula is C17H22N2O. The van der Waals surface area contributed by atoms with Crippen LogP contribution >= 0.6 is 0 Å². The monoisotopic (exact) mass is 270 g/mol. The van der Waals surface area contributed by atoms with Crippen LogP contribution in [0.15, 0.2) is 24.3 Å². The summed E-state index contributed by atoms with van der Waals surface area (Å²) >= 11 is 0. The van der Waals surface area contributed by atoms with Crippen LogP contribution < -0.4 is 10.1 Å². The lowest BCUT2D eigenvalue weighted by molar-refractivity contribution is 0.0909. The first-order valence-electron chi connectivity index (χ1n) is 7.55. The number of ether oxygens (including phenoxy) is 1. The number of hydrogen-bond donors (Lipinski definition) is 1. The zero-order valence-electron chi connectivity index (χ0n) is 12.1. The number of nitrogens with one attached hydrogen (secondary N) is 1. The Balaban J connectivity index is 2.03. The number of piperidine rings is 1. The average Bonchev–Trinajstić information content (AvgIpc) is 2.48. The molecule has 3 nitrogen and oxygen atoms in total. The normalized spacial score (nSPS) is 32.4. The van der Waals surface area contributed by atoms with Gasteiger partial charge >= 0.3 is 0 Å². The molecular weight excluding hydrogens is 248 g/mol. The molecule has 3 rings (SSSR count). The van der Waals surface area contributed by atoms with Crippen molar-refractivity contribution in [3.8, 4) is 11.8 Å². The Morgan fingerprint density at radius 2 is 2.35 bits per heavy atom. The van der Waals surface area contributed by atoms with Crippen LogP contribution in [0.4, 0.5) is 0 Å². The highest BCUT2D eigenvalue weighted by molar-refractivity contribution is 5.36. The SMILES string of the molecule is COc1cccc(C23CCCC(NCC2)C3CC#N)c1. The molecule has 2 bridgehead atoms. The first-order chi connectivity index (χ1) is 9.80. The number of fused-ring (bicyclic) bond motifs is 2. The largest absolute Gasteiger partial charge is 0.497 e. The van der Waals surface area contributed by atoms with Crippen LogP contribution in [0.3, 0.4) is 0 Å². The van der Waals surface area contributed by atoms with Crippen LogP contribution in [0.2, 0.25) is 0 Å². The second kappa shape index (κ2) is 5.46. The lowest BCUT2D eigenvalue weighted by atomic mass is 9.56. The lowest BCUT2D eigenvalue weighted by Crippen LogP contribution is -2.56. The van der Waals surface area contributed by atoms with E-state index < -0.39 is 0 Å². The Morgan fingerprint density at radius 3 is 3.15 bits per heavy atom. The molecule has 2 aliphatic rings. The molecule has 3 atom stereocenters. The number of benzene rings is 1. The van der Waals surface area contributed by atoms with Gasteiger partial charge in [0.15, 0.2) is 0 Å². The summed E-state index contributed by atoms with van der Waals surface area (Å²) in [6.45, 7) is 1.06. The second-order valence-corrected chi connectivity index (χ2v) is 6.06. The standard InChI is InChI=1S/C17H22N2O/c1-20-14-5-2-4-13(12-14)17-8-3-6-16(19-11-9-17)15(17)7-10-18/h2,4-5,12,15-16,19H,3,6-9,11H2,1H3. The van der Waals surface area contributed by atoms with Crippen LogP contribution in [-0.2, 0) is 5.41 Å². The first kappa shape index (κ1) is 13.5. The van der Waals surface area contributed by atoms with Crippen LogP contribution in [-0.4, -0.2) is 19.7 Å². The van der Waals surface area contributed by atoms with Gasteiger partial charge in [-0.1, -0.05) is 18.6 Å². The van der Waals surface area contributed by atoms with Crippen molar-refractivity contribution < 1.29 is 4.74 Å². The maximum absolute atomic E-state index is 9.23. The van der Waals surface area contributed by atoms with E-state index >= 15 is 0 Å². The highest BCUT2D eigenvalue weighted by Gasteiger charge is 2.48. The molecule has 1 heterocycles. The third-order valence-electron chi connectivity index (χ3n) is 5.27. The minimum absolute atomic E-state index is 0.165. The minimum Gasteiger partial charge on any atom is -0.497 e. The van der Waals surface area contributed by atoms with Crippen molar-refractivity contribution in [3.05, 3.63) is 29.8 Å². The Kier molecular flexibility index (Phi) is 3.67. The number of nitriles is 1. The smallest absolute Gasteiger partial charge is 0.119 e. The third-order valence-corrected chi connectivity index (χ3v) is 5.27. The second-order valence-electron chi connectivity index (χ2n) is 6.06. The van der Waals surface area contributed by atoms with Crippen molar-refractivity contribution in [1.82, 2.24) is 5.32 Å². The molecule has 0 radical (unpaired) electrons. The zero-order chi connectivity index (χ0) is 14.0. The van der Waals surface area contributed by atoms with Crippen LogP contribution in [0.25, 0.3) is 0 Å². The molecule has 1 saturated heterocycles. The molecule has 20 heavy (non-hydrogen) atoms. The number of rotatable bonds is 3. The van der Waals surface area contributed by atoms with Gasteiger partial charge in [-0.25, -0.2) is 0 Å². The summed E-state index contributed by atoms with van der Waals surface area (Å²) in [5, 5.41) is 12.9. The van der Waals surface area contributed by atoms with Gasteiger partial charge in [0.25, 0.3) is 0 Å². The summed E-state index contributed by atoms with van der Waals surface area (Å²) in [6, 6.07) is 11.4. The van der Waals surface area contributed by atoms with Gasteiger partial charge in [-0.15, -0.1) is 0 Å². The molecule has 1 saturated carbocycles. The lowest BCUT2D eigenvalue weighted by Gasteiger charge is -2.52. The van der Waals surface area contributed by atoms with E-state index in [1.807, 2.05) is 6.07 Å². The van der Waals surface area contributed by atoms with E-state index in [1.165, 1.54) is 24.8 Å². The summed E-state index contributed by atoms with van der Waals surface area (Å²) in [6.07, 6.45) is 5.43. The molecule has 1 aliphatic heterocycles. The predicted molar refractivity (Wildman–Crippen MR) is 78.7 cm³/mol. The molecule has 1 N–H and O–H groups in total. The van der Waals surface area contributed by atoms with Gasteiger partial charge in [-0.05, 0) is 49.4 Å². The van der Waals surface area contributed by atoms with Gasteiger partial charge in [0, 0.05) is 17.9 Å². The van der Waals surface area contributed by atoms with Crippen molar-refractivity contribution in [2.75, 3.05) is 13.7 Å². The summed E-state index contributed by atoms with van der Waals surface area (Å²) in [5.74, 6) is 1.36. The molecule has 106 valence electrons. The van der Waals surface area contributed by atoms with E-state index in [0.29, 0.717) is 18.4 Å². The van der Waals surface area contributed by atoms with Crippen molar-refractivity contribution in [2.24, 2.45) is 5.92 Å². The van der Waals surface area contributed by atoms with Gasteiger partial charge in [0.05, 0.1) is 13.2 Å². The molecule has 1 aromatic carbocycles. The van der Waals surface area contributed by atoms with E-state index in [0.717, 1.165) is 18.7 Å². The summed E-state index contributed by atoms with van der Waals surface area (Å²) in [7, 11) is 1.72. The van der Waals surface area contributed by atoms with E-state index in [4.69, 9.17) is 4.74 Å². The van der Waals surface area contributed by atoms with Gasteiger partial charge in [-0.3, -0.25) is 0 Å². The predicted octanol–water partition coefficient (Wildman–Crippen LogP) is 3.01. The van der Waals surface area contributed by atoms with Crippen LogP contribution in [0.1, 0.15) is 37.7 Å². The molecule has 2 fully saturated rings. The first-order valence-corrected chi connectivity index (χ1v) is 7.55. The molecule has 3 heteroatoms. The Labute approximate surface area is 120 Å². The molecule has 1 aliphatic carbocycles. The van der Waals surface area contributed by atoms with Crippen molar-refractivity contribution >= 4 is 0 Å². The molecule has 0 aromatic heterocycles. The van der Waals surface area contributed by atoms with Gasteiger partial charge in [0.2, 0.25) is 0 Å². The van der Waals surface area contributed by atoms with Crippen LogP contribution in [0, 0.1) is 17.2 Å². The van der Waals surface area contributed by atoms with Crippen molar-refractivity contribution in [3.63, 3.8) is 0 Å². The van der Waals surface area contributed by atoms with Crippen molar-refractivity contribution in [1.29, 1.82) is 5.26 Å². The molecule has 0 amide bonds. The summed E-state index contributed by atoms with van der Waals surface area (Å²) in [4.78, 5) is 0. The Hall–Kier alpha value is -1.53. The Morgan fingerprint density at radius 1 is 1.45 bits per heavy atom. The fourth-order valence-corrected chi connectivity index (χ4v) is 4.32. The number of hydrogen-bond acceptors (Lipinski definition) is 3. The van der Waals surface area contributed by atoms with E-state index in [9.17, 15) is 5.26 Å². The minimum atomic E-state index is 0.165. The fraction of sp³-hybridized carbons (Fsp3) is 0.588.